The standard InChI is InChI=1S/C19H28FN3O2/c1-22(2)18(24)21-16-7-12-25-19(13-16)8-10-23(11-9-19)14-15-5-3-4-6-17(15)20/h3-6,16H,7-14H2,1-2H3,(H,21,24)/t16-/m0/s1. The topological polar surface area (TPSA) is 44.8 Å². The molecule has 2 fully saturated rings. The molecule has 1 aromatic carbocycles. The first kappa shape index (κ1) is 18.1. The van der Waals surface area contributed by atoms with E-state index < -0.39 is 0 Å². The Labute approximate surface area is 149 Å². The Morgan fingerprint density at radius 2 is 2.08 bits per heavy atom. The minimum atomic E-state index is -0.145. The molecule has 0 aliphatic carbocycles. The van der Waals surface area contributed by atoms with Gasteiger partial charge in [0.05, 0.1) is 5.60 Å². The molecule has 3 rings (SSSR count). The number of nitrogens with zero attached hydrogens (tertiary/aromatic N) is 2. The second-order valence-corrected chi connectivity index (χ2v) is 7.43. The van der Waals surface area contributed by atoms with Crippen molar-refractivity contribution in [2.45, 2.75) is 43.9 Å². The summed E-state index contributed by atoms with van der Waals surface area (Å²) in [6.45, 7) is 3.11. The third-order valence-electron chi connectivity index (χ3n) is 5.35. The quantitative estimate of drug-likeness (QED) is 0.912. The van der Waals surface area contributed by atoms with Gasteiger partial charge in [-0.05, 0) is 31.7 Å². The Bertz CT molecular complexity index is 600. The summed E-state index contributed by atoms with van der Waals surface area (Å²) >= 11 is 0. The molecule has 2 saturated heterocycles. The van der Waals surface area contributed by atoms with E-state index in [1.807, 2.05) is 12.1 Å². The molecule has 25 heavy (non-hydrogen) atoms. The highest BCUT2D eigenvalue weighted by Crippen LogP contribution is 2.35. The summed E-state index contributed by atoms with van der Waals surface area (Å²) in [6.07, 6.45) is 3.58. The summed E-state index contributed by atoms with van der Waals surface area (Å²) in [5, 5.41) is 3.09. The fourth-order valence-electron chi connectivity index (χ4n) is 3.79. The molecule has 0 bridgehead atoms. The fourth-order valence-corrected chi connectivity index (χ4v) is 3.79. The third-order valence-corrected chi connectivity index (χ3v) is 5.35. The zero-order valence-electron chi connectivity index (χ0n) is 15.1. The fraction of sp³-hybridized carbons (Fsp3) is 0.632. The van der Waals surface area contributed by atoms with Crippen molar-refractivity contribution in [2.24, 2.45) is 0 Å². The Morgan fingerprint density at radius 1 is 1.36 bits per heavy atom. The van der Waals surface area contributed by atoms with Crippen molar-refractivity contribution < 1.29 is 13.9 Å². The number of piperidine rings is 1. The van der Waals surface area contributed by atoms with Gasteiger partial charge >= 0.3 is 6.03 Å². The van der Waals surface area contributed by atoms with Crippen molar-refractivity contribution in [3.05, 3.63) is 35.6 Å². The molecular formula is C19H28FN3O2. The van der Waals surface area contributed by atoms with Crippen LogP contribution in [0.1, 0.15) is 31.2 Å². The first-order valence-electron chi connectivity index (χ1n) is 9.05. The highest BCUT2D eigenvalue weighted by molar-refractivity contribution is 5.73. The molecule has 0 unspecified atom stereocenters. The van der Waals surface area contributed by atoms with E-state index in [0.717, 1.165) is 44.3 Å². The summed E-state index contributed by atoms with van der Waals surface area (Å²) < 4.78 is 20.0. The zero-order valence-corrected chi connectivity index (χ0v) is 15.1. The molecule has 0 radical (unpaired) electrons. The van der Waals surface area contributed by atoms with Gasteiger partial charge in [0.15, 0.2) is 0 Å². The van der Waals surface area contributed by atoms with Gasteiger partial charge in [-0.3, -0.25) is 4.90 Å². The van der Waals surface area contributed by atoms with Crippen LogP contribution in [0.2, 0.25) is 0 Å². The molecule has 1 spiro atoms. The maximum Gasteiger partial charge on any atom is 0.317 e. The summed E-state index contributed by atoms with van der Waals surface area (Å²) in [4.78, 5) is 15.8. The van der Waals surface area contributed by atoms with Crippen LogP contribution in [0.3, 0.4) is 0 Å². The number of hydrogen-bond acceptors (Lipinski definition) is 3. The van der Waals surface area contributed by atoms with Crippen LogP contribution in [0.15, 0.2) is 24.3 Å². The zero-order chi connectivity index (χ0) is 17.9. The first-order chi connectivity index (χ1) is 12.0. The van der Waals surface area contributed by atoms with Crippen molar-refractivity contribution in [1.29, 1.82) is 0 Å². The number of urea groups is 1. The lowest BCUT2D eigenvalue weighted by molar-refractivity contribution is -0.119. The number of carbonyl (C=O) groups is 1. The summed E-state index contributed by atoms with van der Waals surface area (Å²) in [7, 11) is 3.51. The van der Waals surface area contributed by atoms with Gasteiger partial charge < -0.3 is 15.0 Å². The SMILES string of the molecule is CN(C)C(=O)N[C@H]1CCOC2(CCN(Cc3ccccc3F)CC2)C1. The van der Waals surface area contributed by atoms with E-state index in [1.165, 1.54) is 6.07 Å². The predicted molar refractivity (Wildman–Crippen MR) is 94.8 cm³/mol. The largest absolute Gasteiger partial charge is 0.375 e. The van der Waals surface area contributed by atoms with Gasteiger partial charge in [-0.2, -0.15) is 0 Å². The van der Waals surface area contributed by atoms with Crippen molar-refractivity contribution >= 4 is 6.03 Å². The first-order valence-corrected chi connectivity index (χ1v) is 9.05. The summed E-state index contributed by atoms with van der Waals surface area (Å²) in [6, 6.07) is 7.10. The molecule has 6 heteroatoms. The van der Waals surface area contributed by atoms with Crippen LogP contribution in [0.25, 0.3) is 0 Å². The van der Waals surface area contributed by atoms with Gasteiger partial charge in [-0.25, -0.2) is 9.18 Å². The minimum absolute atomic E-state index is 0.0426. The molecule has 1 aromatic rings. The molecule has 2 amide bonds. The Morgan fingerprint density at radius 3 is 2.76 bits per heavy atom. The van der Waals surface area contributed by atoms with E-state index in [0.29, 0.717) is 13.2 Å². The van der Waals surface area contributed by atoms with Gasteiger partial charge in [-0.1, -0.05) is 18.2 Å². The molecular weight excluding hydrogens is 321 g/mol. The molecule has 5 nitrogen and oxygen atoms in total. The Hall–Kier alpha value is -1.66. The monoisotopic (exact) mass is 349 g/mol. The van der Waals surface area contributed by atoms with E-state index in [9.17, 15) is 9.18 Å². The Balaban J connectivity index is 1.53. The van der Waals surface area contributed by atoms with Gasteiger partial charge in [0.1, 0.15) is 5.82 Å². The normalized spacial score (nSPS) is 23.4. The van der Waals surface area contributed by atoms with Crippen LogP contribution in [0.5, 0.6) is 0 Å². The lowest BCUT2D eigenvalue weighted by Crippen LogP contribution is -2.54. The predicted octanol–water partition coefficient (Wildman–Crippen LogP) is 2.61. The number of carbonyl (C=O) groups excluding carboxylic acids is 1. The van der Waals surface area contributed by atoms with Gasteiger partial charge in [-0.15, -0.1) is 0 Å². The number of halogens is 1. The second kappa shape index (κ2) is 7.70. The van der Waals surface area contributed by atoms with Crippen LogP contribution < -0.4 is 5.32 Å². The number of amides is 2. The third kappa shape index (κ3) is 4.50. The maximum absolute atomic E-state index is 13.8. The number of ether oxygens (including phenoxy) is 1. The number of nitrogens with one attached hydrogen (secondary N) is 1. The summed E-state index contributed by atoms with van der Waals surface area (Å²) in [5.74, 6) is -0.136. The lowest BCUT2D eigenvalue weighted by atomic mass is 9.82. The van der Waals surface area contributed by atoms with E-state index >= 15 is 0 Å². The van der Waals surface area contributed by atoms with Crippen LogP contribution >= 0.6 is 0 Å². The van der Waals surface area contributed by atoms with Crippen molar-refractivity contribution in [2.75, 3.05) is 33.8 Å². The molecule has 2 aliphatic heterocycles. The van der Waals surface area contributed by atoms with Gasteiger partial charge in [0, 0.05) is 51.9 Å². The molecule has 138 valence electrons. The van der Waals surface area contributed by atoms with Crippen LogP contribution in [0.4, 0.5) is 9.18 Å². The molecule has 2 heterocycles. The highest BCUT2D eigenvalue weighted by Gasteiger charge is 2.40. The number of rotatable bonds is 3. The molecule has 0 saturated carbocycles. The smallest absolute Gasteiger partial charge is 0.317 e. The number of likely N-dealkylation sites (tertiary alicyclic amines) is 1. The van der Waals surface area contributed by atoms with Crippen LogP contribution in [0, 0.1) is 5.82 Å². The Kier molecular flexibility index (Phi) is 5.59. The number of hydrogen-bond donors (Lipinski definition) is 1. The molecule has 0 aromatic heterocycles. The van der Waals surface area contributed by atoms with E-state index in [4.69, 9.17) is 4.74 Å². The average molecular weight is 349 g/mol. The van der Waals surface area contributed by atoms with E-state index in [2.05, 4.69) is 10.2 Å². The lowest BCUT2D eigenvalue weighted by Gasteiger charge is -2.46. The van der Waals surface area contributed by atoms with E-state index in [1.54, 1.807) is 25.1 Å². The highest BCUT2D eigenvalue weighted by atomic mass is 19.1. The van der Waals surface area contributed by atoms with E-state index in [-0.39, 0.29) is 23.5 Å². The van der Waals surface area contributed by atoms with Crippen LogP contribution in [-0.2, 0) is 11.3 Å². The minimum Gasteiger partial charge on any atom is -0.375 e. The molecule has 1 N–H and O–H groups in total. The number of benzene rings is 1. The molecule has 2 aliphatic rings. The van der Waals surface area contributed by atoms with Crippen molar-refractivity contribution in [1.82, 2.24) is 15.1 Å². The maximum atomic E-state index is 13.8. The van der Waals surface area contributed by atoms with Gasteiger partial charge in [0.2, 0.25) is 0 Å². The summed E-state index contributed by atoms with van der Waals surface area (Å²) in [5.41, 5.74) is 0.605. The van der Waals surface area contributed by atoms with Crippen LogP contribution in [-0.4, -0.2) is 61.3 Å². The second-order valence-electron chi connectivity index (χ2n) is 7.43. The molecule has 1 atom stereocenters. The van der Waals surface area contributed by atoms with Gasteiger partial charge in [0.25, 0.3) is 0 Å². The van der Waals surface area contributed by atoms with Crippen molar-refractivity contribution in [3.8, 4) is 0 Å². The average Bonchev–Trinajstić information content (AvgIpc) is 2.59. The van der Waals surface area contributed by atoms with Crippen molar-refractivity contribution in [3.63, 3.8) is 0 Å².